The minimum absolute atomic E-state index is 0.0440. The smallest absolute Gasteiger partial charge is 0.240 e. The van der Waals surface area contributed by atoms with Crippen LogP contribution in [0.3, 0.4) is 0 Å². The Balaban J connectivity index is 1.20. The zero-order valence-electron chi connectivity index (χ0n) is 19.2. The Morgan fingerprint density at radius 1 is 1.06 bits per heavy atom. The first-order valence-electron chi connectivity index (χ1n) is 11.4. The number of thioether (sulfide) groups is 1. The molecule has 1 aliphatic heterocycles. The van der Waals surface area contributed by atoms with E-state index >= 15 is 0 Å². The van der Waals surface area contributed by atoms with Crippen molar-refractivity contribution < 1.29 is 14.3 Å². The highest BCUT2D eigenvalue weighted by Gasteiger charge is 2.32. The topological polar surface area (TPSA) is 108 Å². The molecule has 180 valence electrons. The molecule has 0 spiro atoms. The molecule has 2 heterocycles. The number of H-pyrrole nitrogens is 1. The highest BCUT2D eigenvalue weighted by atomic mass is 32.2. The third-order valence-corrected chi connectivity index (χ3v) is 6.56. The van der Waals surface area contributed by atoms with Gasteiger partial charge in [-0.2, -0.15) is 5.10 Å². The van der Waals surface area contributed by atoms with Gasteiger partial charge < -0.3 is 20.4 Å². The van der Waals surface area contributed by atoms with Gasteiger partial charge in [-0.1, -0.05) is 60.3 Å². The number of amidine groups is 1. The number of amides is 2. The Bertz CT molecular complexity index is 1430. The maximum atomic E-state index is 12.3. The monoisotopic (exact) mass is 497 g/mol. The molecule has 36 heavy (non-hydrogen) atoms. The molecule has 3 N–H and O–H groups in total. The zero-order valence-corrected chi connectivity index (χ0v) is 20.0. The summed E-state index contributed by atoms with van der Waals surface area (Å²) < 4.78 is 5.93. The lowest BCUT2D eigenvalue weighted by molar-refractivity contribution is -0.122. The SMILES string of the molecule is O=C(CC1SC(=NN=Cc2c[nH]c3ccc(OCc4ccccc4)cc23)NC1=O)Nc1ccccc1. The van der Waals surface area contributed by atoms with Crippen molar-refractivity contribution in [3.05, 3.63) is 96.2 Å². The van der Waals surface area contributed by atoms with Crippen molar-refractivity contribution in [1.29, 1.82) is 0 Å². The summed E-state index contributed by atoms with van der Waals surface area (Å²) in [6.07, 6.45) is 3.50. The second-order valence-electron chi connectivity index (χ2n) is 8.09. The molecule has 1 aliphatic rings. The normalized spacial score (nSPS) is 16.5. The van der Waals surface area contributed by atoms with Gasteiger partial charge in [0, 0.05) is 34.8 Å². The van der Waals surface area contributed by atoms with Crippen molar-refractivity contribution in [1.82, 2.24) is 10.3 Å². The summed E-state index contributed by atoms with van der Waals surface area (Å²) in [5.74, 6) is 0.259. The van der Waals surface area contributed by atoms with E-state index in [4.69, 9.17) is 4.74 Å². The van der Waals surface area contributed by atoms with Crippen LogP contribution in [-0.4, -0.2) is 33.4 Å². The fourth-order valence-corrected chi connectivity index (χ4v) is 4.61. The highest BCUT2D eigenvalue weighted by Crippen LogP contribution is 2.25. The average molecular weight is 498 g/mol. The number of rotatable bonds is 8. The number of hydrogen-bond donors (Lipinski definition) is 3. The molecule has 0 aliphatic carbocycles. The zero-order chi connectivity index (χ0) is 24.7. The number of hydrogen-bond acceptors (Lipinski definition) is 6. The third kappa shape index (κ3) is 5.81. The fourth-order valence-electron chi connectivity index (χ4n) is 3.69. The Kier molecular flexibility index (Phi) is 7.09. The lowest BCUT2D eigenvalue weighted by Crippen LogP contribution is -2.28. The number of anilines is 1. The number of nitrogens with zero attached hydrogens (tertiary/aromatic N) is 2. The highest BCUT2D eigenvalue weighted by molar-refractivity contribution is 8.15. The van der Waals surface area contributed by atoms with Crippen LogP contribution in [0.25, 0.3) is 10.9 Å². The van der Waals surface area contributed by atoms with Crippen LogP contribution in [-0.2, 0) is 16.2 Å². The molecule has 9 heteroatoms. The molecule has 1 unspecified atom stereocenters. The second-order valence-corrected chi connectivity index (χ2v) is 9.28. The first-order valence-corrected chi connectivity index (χ1v) is 12.2. The van der Waals surface area contributed by atoms with Crippen LogP contribution in [0.5, 0.6) is 5.75 Å². The number of benzene rings is 3. The summed E-state index contributed by atoms with van der Waals surface area (Å²) in [6, 6.07) is 24.9. The van der Waals surface area contributed by atoms with E-state index in [1.807, 2.05) is 72.9 Å². The van der Waals surface area contributed by atoms with Gasteiger partial charge in [0.15, 0.2) is 5.17 Å². The summed E-state index contributed by atoms with van der Waals surface area (Å²) in [5.41, 5.74) is 3.57. The lowest BCUT2D eigenvalue weighted by Gasteiger charge is -2.06. The summed E-state index contributed by atoms with van der Waals surface area (Å²) >= 11 is 1.19. The van der Waals surface area contributed by atoms with Crippen molar-refractivity contribution in [3.8, 4) is 5.75 Å². The Morgan fingerprint density at radius 2 is 1.83 bits per heavy atom. The second kappa shape index (κ2) is 10.9. The van der Waals surface area contributed by atoms with E-state index < -0.39 is 5.25 Å². The molecular weight excluding hydrogens is 474 g/mol. The predicted octanol–water partition coefficient (Wildman–Crippen LogP) is 4.70. The number of fused-ring (bicyclic) bond motifs is 1. The van der Waals surface area contributed by atoms with Crippen LogP contribution >= 0.6 is 11.8 Å². The number of carbonyl (C=O) groups is 2. The molecule has 0 radical (unpaired) electrons. The van der Waals surface area contributed by atoms with Gasteiger partial charge in [-0.15, -0.1) is 5.10 Å². The molecule has 1 saturated heterocycles. The van der Waals surface area contributed by atoms with E-state index in [2.05, 4.69) is 25.8 Å². The molecule has 1 atom stereocenters. The number of carbonyl (C=O) groups excluding carboxylic acids is 2. The molecule has 1 fully saturated rings. The van der Waals surface area contributed by atoms with Gasteiger partial charge in [0.05, 0.1) is 6.21 Å². The van der Waals surface area contributed by atoms with E-state index in [0.717, 1.165) is 27.8 Å². The van der Waals surface area contributed by atoms with Crippen molar-refractivity contribution in [2.24, 2.45) is 10.2 Å². The Labute approximate surface area is 211 Å². The number of aromatic nitrogens is 1. The molecule has 8 nitrogen and oxygen atoms in total. The maximum absolute atomic E-state index is 12.3. The van der Waals surface area contributed by atoms with Gasteiger partial charge in [-0.05, 0) is 35.9 Å². The van der Waals surface area contributed by atoms with E-state index in [1.54, 1.807) is 18.3 Å². The van der Waals surface area contributed by atoms with Crippen LogP contribution in [0.4, 0.5) is 5.69 Å². The van der Waals surface area contributed by atoms with E-state index in [9.17, 15) is 9.59 Å². The van der Waals surface area contributed by atoms with Crippen molar-refractivity contribution >= 4 is 51.5 Å². The molecular formula is C27H23N5O3S. The summed E-state index contributed by atoms with van der Waals surface area (Å²) in [6.45, 7) is 0.481. The number of aromatic amines is 1. The van der Waals surface area contributed by atoms with Gasteiger partial charge in [0.2, 0.25) is 11.8 Å². The van der Waals surface area contributed by atoms with Gasteiger partial charge in [0.1, 0.15) is 17.6 Å². The number of nitrogens with one attached hydrogen (secondary N) is 3. The standard InChI is InChI=1S/C27H23N5O3S/c33-25(30-20-9-5-2-6-10-20)14-24-26(34)31-27(36-24)32-29-16-19-15-28-23-12-11-21(13-22(19)23)35-17-18-7-3-1-4-8-18/h1-13,15-16,24,28H,14,17H2,(H,30,33)(H,31,32,34). The van der Waals surface area contributed by atoms with Crippen LogP contribution in [0.1, 0.15) is 17.5 Å². The summed E-state index contributed by atoms with van der Waals surface area (Å²) in [5, 5.41) is 14.5. The van der Waals surface area contributed by atoms with Crippen molar-refractivity contribution in [2.45, 2.75) is 18.3 Å². The first-order chi connectivity index (χ1) is 17.6. The maximum Gasteiger partial charge on any atom is 0.240 e. The summed E-state index contributed by atoms with van der Waals surface area (Å²) in [4.78, 5) is 27.8. The molecule has 3 aromatic carbocycles. The van der Waals surface area contributed by atoms with E-state index in [-0.39, 0.29) is 18.2 Å². The predicted molar refractivity (Wildman–Crippen MR) is 143 cm³/mol. The first kappa shape index (κ1) is 23.4. The van der Waals surface area contributed by atoms with Gasteiger partial charge in [-0.3, -0.25) is 9.59 Å². The Morgan fingerprint density at radius 3 is 2.64 bits per heavy atom. The van der Waals surface area contributed by atoms with Gasteiger partial charge >= 0.3 is 0 Å². The van der Waals surface area contributed by atoms with Crippen LogP contribution in [0, 0.1) is 0 Å². The molecule has 4 aromatic rings. The average Bonchev–Trinajstić information content (AvgIpc) is 3.46. The van der Waals surface area contributed by atoms with Crippen molar-refractivity contribution in [2.75, 3.05) is 5.32 Å². The van der Waals surface area contributed by atoms with Crippen LogP contribution < -0.4 is 15.4 Å². The molecule has 5 rings (SSSR count). The molecule has 0 bridgehead atoms. The molecule has 2 amide bonds. The lowest BCUT2D eigenvalue weighted by atomic mass is 10.2. The van der Waals surface area contributed by atoms with Crippen molar-refractivity contribution in [3.63, 3.8) is 0 Å². The number of para-hydroxylation sites is 1. The number of ether oxygens (including phenoxy) is 1. The largest absolute Gasteiger partial charge is 0.489 e. The minimum Gasteiger partial charge on any atom is -0.489 e. The van der Waals surface area contributed by atoms with E-state index in [0.29, 0.717) is 17.5 Å². The van der Waals surface area contributed by atoms with Crippen LogP contribution in [0.15, 0.2) is 95.3 Å². The molecule has 0 saturated carbocycles. The minimum atomic E-state index is -0.555. The quantitative estimate of drug-likeness (QED) is 0.242. The van der Waals surface area contributed by atoms with Gasteiger partial charge in [0.25, 0.3) is 0 Å². The Hall–Kier alpha value is -4.37. The summed E-state index contributed by atoms with van der Waals surface area (Å²) in [7, 11) is 0. The van der Waals surface area contributed by atoms with Gasteiger partial charge in [-0.25, -0.2) is 0 Å². The molecule has 1 aromatic heterocycles. The van der Waals surface area contributed by atoms with Crippen LogP contribution in [0.2, 0.25) is 0 Å². The third-order valence-electron chi connectivity index (χ3n) is 5.48. The van der Waals surface area contributed by atoms with E-state index in [1.165, 1.54) is 11.8 Å². The fraction of sp³-hybridized carbons (Fsp3) is 0.111.